The number of benzene rings is 2. The van der Waals surface area contributed by atoms with Crippen LogP contribution in [0.5, 0.6) is 11.5 Å². The number of ether oxygens (including phenoxy) is 2. The van der Waals surface area contributed by atoms with Gasteiger partial charge in [-0.1, -0.05) is 0 Å². The maximum atomic E-state index is 5.37. The Bertz CT molecular complexity index is 1260. The number of nitrogens with one attached hydrogen (secondary N) is 1. The largest absolute Gasteiger partial charge is 0.497 e. The SMILES string of the molecule is COc1cc(Nc2ccc3ncc(-c4ccc(N5CCN(C)CC5)nc4)nc3c2)cc(OC)c1. The highest BCUT2D eigenvalue weighted by Crippen LogP contribution is 2.29. The van der Waals surface area contributed by atoms with Gasteiger partial charge in [0.1, 0.15) is 17.3 Å². The van der Waals surface area contributed by atoms with Crippen LogP contribution in [0.3, 0.4) is 0 Å². The first-order chi connectivity index (χ1) is 16.6. The third-order valence-electron chi connectivity index (χ3n) is 6.05. The second-order valence-electron chi connectivity index (χ2n) is 8.38. The highest BCUT2D eigenvalue weighted by Gasteiger charge is 2.15. The molecule has 0 spiro atoms. The van der Waals surface area contributed by atoms with Crippen molar-refractivity contribution in [3.8, 4) is 22.8 Å². The number of nitrogens with zero attached hydrogens (tertiary/aromatic N) is 5. The molecule has 1 aliphatic heterocycles. The maximum Gasteiger partial charge on any atom is 0.128 e. The van der Waals surface area contributed by atoms with E-state index in [0.29, 0.717) is 0 Å². The van der Waals surface area contributed by atoms with Crippen LogP contribution in [0.1, 0.15) is 0 Å². The molecule has 0 radical (unpaired) electrons. The van der Waals surface area contributed by atoms with E-state index in [1.807, 2.05) is 42.6 Å². The van der Waals surface area contributed by atoms with E-state index in [4.69, 9.17) is 19.4 Å². The van der Waals surface area contributed by atoms with Gasteiger partial charge in [-0.3, -0.25) is 4.98 Å². The minimum absolute atomic E-state index is 0.720. The number of likely N-dealkylation sites (N-methyl/N-ethyl adjacent to an activating group) is 1. The zero-order chi connectivity index (χ0) is 23.5. The molecule has 1 N–H and O–H groups in total. The summed E-state index contributed by atoms with van der Waals surface area (Å²) in [6.45, 7) is 4.10. The molecule has 0 bridgehead atoms. The Kier molecular flexibility index (Phi) is 6.14. The van der Waals surface area contributed by atoms with E-state index in [9.17, 15) is 0 Å². The quantitative estimate of drug-likeness (QED) is 0.463. The molecule has 0 atom stereocenters. The Morgan fingerprint density at radius 2 is 1.53 bits per heavy atom. The van der Waals surface area contributed by atoms with Gasteiger partial charge in [-0.2, -0.15) is 0 Å². The molecule has 0 aliphatic carbocycles. The average molecular weight is 457 g/mol. The first-order valence-corrected chi connectivity index (χ1v) is 11.3. The number of methoxy groups -OCH3 is 2. The number of piperazine rings is 1. The summed E-state index contributed by atoms with van der Waals surface area (Å²) in [5.41, 5.74) is 5.15. The molecule has 4 aromatic rings. The number of pyridine rings is 1. The molecule has 0 unspecified atom stereocenters. The summed E-state index contributed by atoms with van der Waals surface area (Å²) >= 11 is 0. The van der Waals surface area contributed by atoms with E-state index < -0.39 is 0 Å². The predicted octanol–water partition coefficient (Wildman–Crippen LogP) is 4.20. The van der Waals surface area contributed by atoms with Gasteiger partial charge in [0.15, 0.2) is 0 Å². The molecule has 1 aliphatic rings. The maximum absolute atomic E-state index is 5.37. The van der Waals surface area contributed by atoms with E-state index in [0.717, 1.165) is 77.2 Å². The van der Waals surface area contributed by atoms with Crippen LogP contribution in [0, 0.1) is 0 Å². The smallest absolute Gasteiger partial charge is 0.128 e. The number of fused-ring (bicyclic) bond motifs is 1. The molecule has 0 saturated carbocycles. The molecule has 1 saturated heterocycles. The van der Waals surface area contributed by atoms with Gasteiger partial charge in [0.25, 0.3) is 0 Å². The molecular weight excluding hydrogens is 428 g/mol. The van der Waals surface area contributed by atoms with Gasteiger partial charge in [0.05, 0.1) is 37.1 Å². The van der Waals surface area contributed by atoms with Crippen molar-refractivity contribution in [1.82, 2.24) is 19.9 Å². The zero-order valence-corrected chi connectivity index (χ0v) is 19.7. The van der Waals surface area contributed by atoms with Gasteiger partial charge in [0, 0.05) is 67.5 Å². The van der Waals surface area contributed by atoms with Crippen LogP contribution >= 0.6 is 0 Å². The molecule has 5 rings (SSSR count). The van der Waals surface area contributed by atoms with Crippen molar-refractivity contribution in [3.63, 3.8) is 0 Å². The number of aromatic nitrogens is 3. The number of anilines is 3. The predicted molar refractivity (Wildman–Crippen MR) is 135 cm³/mol. The molecule has 8 heteroatoms. The summed E-state index contributed by atoms with van der Waals surface area (Å²) < 4.78 is 10.7. The van der Waals surface area contributed by atoms with Crippen LogP contribution in [-0.2, 0) is 0 Å². The molecule has 1 fully saturated rings. The van der Waals surface area contributed by atoms with Gasteiger partial charge in [-0.25, -0.2) is 9.97 Å². The molecule has 2 aromatic heterocycles. The van der Waals surface area contributed by atoms with E-state index in [1.54, 1.807) is 20.4 Å². The summed E-state index contributed by atoms with van der Waals surface area (Å²) in [5, 5.41) is 3.40. The Balaban J connectivity index is 1.38. The van der Waals surface area contributed by atoms with E-state index >= 15 is 0 Å². The van der Waals surface area contributed by atoms with Crippen LogP contribution in [-0.4, -0.2) is 67.3 Å². The fraction of sp³-hybridized carbons (Fsp3) is 0.269. The highest BCUT2D eigenvalue weighted by molar-refractivity contribution is 5.82. The molecule has 174 valence electrons. The normalized spacial score (nSPS) is 14.3. The lowest BCUT2D eigenvalue weighted by Crippen LogP contribution is -2.44. The lowest BCUT2D eigenvalue weighted by Gasteiger charge is -2.33. The van der Waals surface area contributed by atoms with Gasteiger partial charge >= 0.3 is 0 Å². The molecule has 3 heterocycles. The van der Waals surface area contributed by atoms with Crippen molar-refractivity contribution >= 4 is 28.2 Å². The zero-order valence-electron chi connectivity index (χ0n) is 19.7. The second kappa shape index (κ2) is 9.52. The number of rotatable bonds is 6. The molecular formula is C26H28N6O2. The van der Waals surface area contributed by atoms with Gasteiger partial charge in [-0.15, -0.1) is 0 Å². The van der Waals surface area contributed by atoms with Gasteiger partial charge in [-0.05, 0) is 37.4 Å². The third kappa shape index (κ3) is 4.72. The van der Waals surface area contributed by atoms with E-state index in [1.165, 1.54) is 0 Å². The minimum atomic E-state index is 0.720. The molecule has 2 aromatic carbocycles. The summed E-state index contributed by atoms with van der Waals surface area (Å²) in [5.74, 6) is 2.44. The molecule has 34 heavy (non-hydrogen) atoms. The standard InChI is InChI=1S/C26H28N6O2/c1-31-8-10-32(11-9-31)26-7-4-18(16-28-26)25-17-27-23-6-5-19(14-24(23)30-25)29-20-12-21(33-2)15-22(13-20)34-3/h4-7,12-17,29H,8-11H2,1-3H3. The fourth-order valence-electron chi connectivity index (χ4n) is 4.03. The van der Waals surface area contributed by atoms with Crippen molar-refractivity contribution in [2.24, 2.45) is 0 Å². The first kappa shape index (κ1) is 21.9. The Hall–Kier alpha value is -3.91. The van der Waals surface area contributed by atoms with Crippen LogP contribution < -0.4 is 19.7 Å². The Morgan fingerprint density at radius 1 is 0.765 bits per heavy atom. The van der Waals surface area contributed by atoms with Gasteiger partial charge < -0.3 is 24.6 Å². The van der Waals surface area contributed by atoms with Crippen LogP contribution in [0.4, 0.5) is 17.2 Å². The number of hydrogen-bond acceptors (Lipinski definition) is 8. The fourth-order valence-corrected chi connectivity index (χ4v) is 4.03. The van der Waals surface area contributed by atoms with Crippen LogP contribution in [0.2, 0.25) is 0 Å². The van der Waals surface area contributed by atoms with E-state index in [2.05, 4.69) is 39.3 Å². The molecule has 8 nitrogen and oxygen atoms in total. The number of hydrogen-bond donors (Lipinski definition) is 1. The van der Waals surface area contributed by atoms with Crippen molar-refractivity contribution in [1.29, 1.82) is 0 Å². The van der Waals surface area contributed by atoms with Crippen molar-refractivity contribution < 1.29 is 9.47 Å². The van der Waals surface area contributed by atoms with Crippen LogP contribution in [0.25, 0.3) is 22.3 Å². The lowest BCUT2D eigenvalue weighted by atomic mass is 10.2. The monoisotopic (exact) mass is 456 g/mol. The summed E-state index contributed by atoms with van der Waals surface area (Å²) in [4.78, 5) is 18.8. The van der Waals surface area contributed by atoms with Gasteiger partial charge in [0.2, 0.25) is 0 Å². The van der Waals surface area contributed by atoms with Crippen LogP contribution in [0.15, 0.2) is 60.9 Å². The molecule has 0 amide bonds. The Labute approximate surface area is 199 Å². The second-order valence-corrected chi connectivity index (χ2v) is 8.38. The highest BCUT2D eigenvalue weighted by atomic mass is 16.5. The summed E-state index contributed by atoms with van der Waals surface area (Å²) in [6.07, 6.45) is 3.68. The van der Waals surface area contributed by atoms with E-state index in [-0.39, 0.29) is 0 Å². The average Bonchev–Trinajstić information content (AvgIpc) is 2.88. The van der Waals surface area contributed by atoms with Crippen molar-refractivity contribution in [3.05, 3.63) is 60.9 Å². The lowest BCUT2D eigenvalue weighted by molar-refractivity contribution is 0.312. The minimum Gasteiger partial charge on any atom is -0.497 e. The third-order valence-corrected chi connectivity index (χ3v) is 6.05. The van der Waals surface area contributed by atoms with Crippen molar-refractivity contribution in [2.75, 3.05) is 57.7 Å². The summed E-state index contributed by atoms with van der Waals surface area (Å²) in [6, 6.07) is 15.7. The first-order valence-electron chi connectivity index (χ1n) is 11.3. The summed E-state index contributed by atoms with van der Waals surface area (Å²) in [7, 11) is 5.43. The topological polar surface area (TPSA) is 75.6 Å². The van der Waals surface area contributed by atoms with Crippen molar-refractivity contribution in [2.45, 2.75) is 0 Å². The Morgan fingerprint density at radius 3 is 2.21 bits per heavy atom.